The lowest BCUT2D eigenvalue weighted by molar-refractivity contribution is 0.0954. The highest BCUT2D eigenvalue weighted by atomic mass is 35.5. The van der Waals surface area contributed by atoms with E-state index >= 15 is 0 Å². The van der Waals surface area contributed by atoms with E-state index in [0.29, 0.717) is 47.9 Å². The summed E-state index contributed by atoms with van der Waals surface area (Å²) in [6.07, 6.45) is 2.33. The maximum absolute atomic E-state index is 14.3. The van der Waals surface area contributed by atoms with Crippen molar-refractivity contribution in [2.24, 2.45) is 10.9 Å². The van der Waals surface area contributed by atoms with E-state index in [0.717, 1.165) is 18.4 Å². The molecular formula is C23H28ClFN4O2. The molecule has 0 bridgehead atoms. The summed E-state index contributed by atoms with van der Waals surface area (Å²) >= 11 is 6.04. The van der Waals surface area contributed by atoms with E-state index in [1.807, 2.05) is 13.0 Å². The van der Waals surface area contributed by atoms with Crippen molar-refractivity contribution < 1.29 is 13.9 Å². The smallest absolute Gasteiger partial charge is 0.252 e. The number of guanidine groups is 1. The normalized spacial score (nSPS) is 14.6. The third-order valence-corrected chi connectivity index (χ3v) is 5.36. The first-order chi connectivity index (χ1) is 15.0. The molecule has 2 aromatic carbocycles. The maximum Gasteiger partial charge on any atom is 0.252 e. The van der Waals surface area contributed by atoms with Gasteiger partial charge in [0.25, 0.3) is 5.91 Å². The van der Waals surface area contributed by atoms with Crippen molar-refractivity contribution in [2.75, 3.05) is 26.7 Å². The van der Waals surface area contributed by atoms with Gasteiger partial charge in [-0.2, -0.15) is 0 Å². The van der Waals surface area contributed by atoms with E-state index in [9.17, 15) is 9.18 Å². The van der Waals surface area contributed by atoms with Crippen LogP contribution >= 0.6 is 11.6 Å². The van der Waals surface area contributed by atoms with Crippen molar-refractivity contribution in [3.05, 3.63) is 64.4 Å². The van der Waals surface area contributed by atoms with E-state index in [1.54, 1.807) is 37.4 Å². The maximum atomic E-state index is 14.3. The number of hydrogen-bond acceptors (Lipinski definition) is 3. The van der Waals surface area contributed by atoms with Gasteiger partial charge in [0.2, 0.25) is 0 Å². The summed E-state index contributed by atoms with van der Waals surface area (Å²) in [6, 6.07) is 11.7. The minimum Gasteiger partial charge on any atom is -0.490 e. The molecule has 1 atom stereocenters. The molecule has 166 valence electrons. The molecule has 0 aromatic heterocycles. The van der Waals surface area contributed by atoms with Crippen LogP contribution in [0.1, 0.15) is 41.7 Å². The highest BCUT2D eigenvalue weighted by Crippen LogP contribution is 2.30. The molecule has 3 N–H and O–H groups in total. The van der Waals surface area contributed by atoms with Crippen LogP contribution in [-0.2, 0) is 0 Å². The minimum absolute atomic E-state index is 0.170. The molecule has 2 aromatic rings. The lowest BCUT2D eigenvalue weighted by atomic mass is 10.1. The van der Waals surface area contributed by atoms with E-state index in [1.165, 1.54) is 6.07 Å². The summed E-state index contributed by atoms with van der Waals surface area (Å²) in [6.45, 7) is 3.35. The predicted molar refractivity (Wildman–Crippen MR) is 121 cm³/mol. The molecule has 0 heterocycles. The largest absolute Gasteiger partial charge is 0.490 e. The number of halogens is 2. The van der Waals surface area contributed by atoms with Crippen molar-refractivity contribution in [1.82, 2.24) is 16.0 Å². The Morgan fingerprint density at radius 3 is 2.65 bits per heavy atom. The lowest BCUT2D eigenvalue weighted by Gasteiger charge is -2.19. The van der Waals surface area contributed by atoms with Crippen LogP contribution in [0.3, 0.4) is 0 Å². The van der Waals surface area contributed by atoms with Gasteiger partial charge in [0.1, 0.15) is 0 Å². The number of carbonyl (C=O) groups is 1. The first-order valence-electron chi connectivity index (χ1n) is 10.4. The molecule has 1 unspecified atom stereocenters. The van der Waals surface area contributed by atoms with Gasteiger partial charge < -0.3 is 20.7 Å². The molecule has 1 fully saturated rings. The molecular weight excluding hydrogens is 419 g/mol. The number of rotatable bonds is 9. The summed E-state index contributed by atoms with van der Waals surface area (Å²) in [7, 11) is 1.65. The van der Waals surface area contributed by atoms with E-state index < -0.39 is 0 Å². The van der Waals surface area contributed by atoms with Crippen LogP contribution in [-0.4, -0.2) is 38.6 Å². The average molecular weight is 447 g/mol. The monoisotopic (exact) mass is 446 g/mol. The van der Waals surface area contributed by atoms with Gasteiger partial charge in [-0.25, -0.2) is 4.39 Å². The van der Waals surface area contributed by atoms with Crippen molar-refractivity contribution >= 4 is 23.5 Å². The zero-order valence-corrected chi connectivity index (χ0v) is 18.5. The zero-order valence-electron chi connectivity index (χ0n) is 17.8. The van der Waals surface area contributed by atoms with E-state index in [-0.39, 0.29) is 17.8 Å². The first kappa shape index (κ1) is 22.9. The fraction of sp³-hybridized carbons (Fsp3) is 0.391. The topological polar surface area (TPSA) is 74.8 Å². The van der Waals surface area contributed by atoms with Gasteiger partial charge in [-0.05, 0) is 55.5 Å². The van der Waals surface area contributed by atoms with Crippen molar-refractivity contribution in [3.8, 4) is 5.75 Å². The fourth-order valence-corrected chi connectivity index (χ4v) is 3.20. The van der Waals surface area contributed by atoms with Crippen LogP contribution in [0.15, 0.2) is 47.5 Å². The summed E-state index contributed by atoms with van der Waals surface area (Å²) in [5, 5.41) is 9.57. The quantitative estimate of drug-likeness (QED) is 0.310. The number of aliphatic imine (C=N–C) groups is 1. The van der Waals surface area contributed by atoms with Gasteiger partial charge in [0, 0.05) is 20.1 Å². The second-order valence-electron chi connectivity index (χ2n) is 7.55. The third-order valence-electron chi connectivity index (χ3n) is 5.03. The Balaban J connectivity index is 1.44. The Bertz CT molecular complexity index is 934. The van der Waals surface area contributed by atoms with Gasteiger partial charge >= 0.3 is 0 Å². The summed E-state index contributed by atoms with van der Waals surface area (Å²) in [4.78, 5) is 16.4. The number of ether oxygens (including phenoxy) is 1. The van der Waals surface area contributed by atoms with Crippen LogP contribution in [0, 0.1) is 11.7 Å². The number of amides is 1. The number of nitrogens with zero attached hydrogens (tertiary/aromatic N) is 1. The van der Waals surface area contributed by atoms with Gasteiger partial charge in [-0.3, -0.25) is 9.79 Å². The number of nitrogens with one attached hydrogen (secondary N) is 3. The molecule has 6 nitrogen and oxygen atoms in total. The second-order valence-corrected chi connectivity index (χ2v) is 7.95. The molecule has 0 aliphatic heterocycles. The van der Waals surface area contributed by atoms with Crippen LogP contribution in [0.2, 0.25) is 5.02 Å². The third kappa shape index (κ3) is 6.85. The predicted octanol–water partition coefficient (Wildman–Crippen LogP) is 3.92. The molecule has 1 aliphatic carbocycles. The molecule has 1 saturated carbocycles. The zero-order chi connectivity index (χ0) is 22.2. The SMILES string of the molecule is CN=C(NCCNC(=O)c1ccccc1Cl)NC(C)c1ccc(OCC2CC2)c(F)c1. The first-order valence-corrected chi connectivity index (χ1v) is 10.8. The summed E-state index contributed by atoms with van der Waals surface area (Å²) in [5.74, 6) is 0.817. The molecule has 8 heteroatoms. The number of hydrogen-bond donors (Lipinski definition) is 3. The summed E-state index contributed by atoms with van der Waals surface area (Å²) in [5.41, 5.74) is 1.22. The molecule has 0 spiro atoms. The molecule has 31 heavy (non-hydrogen) atoms. The standard InChI is InChI=1S/C23H28ClFN4O2/c1-15(17-9-10-21(20(25)13-17)31-14-16-7-8-16)29-23(26-2)28-12-11-27-22(30)18-5-3-4-6-19(18)24/h3-6,9-10,13,15-16H,7-8,11-12,14H2,1-2H3,(H,27,30)(H2,26,28,29). The van der Waals surface area contributed by atoms with E-state index in [4.69, 9.17) is 16.3 Å². The second kappa shape index (κ2) is 11.0. The van der Waals surface area contributed by atoms with Gasteiger partial charge in [0.15, 0.2) is 17.5 Å². The van der Waals surface area contributed by atoms with Crippen LogP contribution < -0.4 is 20.7 Å². The Morgan fingerprint density at radius 1 is 1.23 bits per heavy atom. The Hall–Kier alpha value is -2.80. The number of carbonyl (C=O) groups excluding carboxylic acids is 1. The summed E-state index contributed by atoms with van der Waals surface area (Å²) < 4.78 is 19.9. The average Bonchev–Trinajstić information content (AvgIpc) is 3.59. The van der Waals surface area contributed by atoms with Crippen molar-refractivity contribution in [1.29, 1.82) is 0 Å². The minimum atomic E-state index is -0.364. The van der Waals surface area contributed by atoms with Crippen LogP contribution in [0.4, 0.5) is 4.39 Å². The fourth-order valence-electron chi connectivity index (χ4n) is 2.98. The Labute approximate surface area is 187 Å². The van der Waals surface area contributed by atoms with Gasteiger partial charge in [-0.15, -0.1) is 0 Å². The van der Waals surface area contributed by atoms with Crippen LogP contribution in [0.25, 0.3) is 0 Å². The molecule has 1 amide bonds. The highest BCUT2D eigenvalue weighted by molar-refractivity contribution is 6.33. The van der Waals surface area contributed by atoms with Crippen molar-refractivity contribution in [2.45, 2.75) is 25.8 Å². The number of benzene rings is 2. The van der Waals surface area contributed by atoms with Crippen LogP contribution in [0.5, 0.6) is 5.75 Å². The lowest BCUT2D eigenvalue weighted by Crippen LogP contribution is -2.42. The Kier molecular flexibility index (Phi) is 8.12. The Morgan fingerprint density at radius 2 is 1.97 bits per heavy atom. The molecule has 3 rings (SSSR count). The van der Waals surface area contributed by atoms with Gasteiger partial charge in [-0.1, -0.05) is 29.8 Å². The van der Waals surface area contributed by atoms with Crippen molar-refractivity contribution in [3.63, 3.8) is 0 Å². The highest BCUT2D eigenvalue weighted by Gasteiger charge is 2.22. The molecule has 1 aliphatic rings. The van der Waals surface area contributed by atoms with E-state index in [2.05, 4.69) is 20.9 Å². The molecule has 0 saturated heterocycles. The molecule has 0 radical (unpaired) electrons. The van der Waals surface area contributed by atoms with Gasteiger partial charge in [0.05, 0.1) is 23.2 Å².